The van der Waals surface area contributed by atoms with E-state index in [1.54, 1.807) is 12.1 Å². The van der Waals surface area contributed by atoms with Crippen LogP contribution in [0.2, 0.25) is 0 Å². The van der Waals surface area contributed by atoms with E-state index in [0.29, 0.717) is 16.9 Å². The molecule has 2 rings (SSSR count). The number of halogens is 1. The molecule has 0 radical (unpaired) electrons. The van der Waals surface area contributed by atoms with E-state index in [0.717, 1.165) is 0 Å². The molecular weight excluding hydrogens is 287 g/mol. The molecule has 0 saturated heterocycles. The topological polar surface area (TPSA) is 75.3 Å². The zero-order valence-electron chi connectivity index (χ0n) is 11.7. The minimum atomic E-state index is -0.873. The number of hydrogen-bond donors (Lipinski definition) is 2. The first kappa shape index (κ1) is 15.4. The normalized spacial score (nSPS) is 9.91. The van der Waals surface area contributed by atoms with Gasteiger partial charge in [-0.2, -0.15) is 0 Å². The van der Waals surface area contributed by atoms with Gasteiger partial charge in [0.15, 0.2) is 5.78 Å². The highest BCUT2D eigenvalue weighted by atomic mass is 19.1. The van der Waals surface area contributed by atoms with Crippen molar-refractivity contribution in [2.45, 2.75) is 6.92 Å². The highest BCUT2D eigenvalue weighted by Gasteiger charge is 2.14. The summed E-state index contributed by atoms with van der Waals surface area (Å²) in [5.41, 5.74) is 1.21. The fourth-order valence-electron chi connectivity index (χ4n) is 1.70. The third kappa shape index (κ3) is 3.99. The maximum absolute atomic E-state index is 12.7. The molecule has 0 atom stereocenters. The first-order valence-corrected chi connectivity index (χ1v) is 6.44. The number of carbonyl (C=O) groups excluding carboxylic acids is 3. The van der Waals surface area contributed by atoms with Gasteiger partial charge in [-0.1, -0.05) is 0 Å². The number of ketones is 1. The van der Waals surface area contributed by atoms with Crippen LogP contribution in [0.4, 0.5) is 15.8 Å². The van der Waals surface area contributed by atoms with Crippen molar-refractivity contribution in [2.75, 3.05) is 10.6 Å². The van der Waals surface area contributed by atoms with E-state index in [4.69, 9.17) is 0 Å². The molecule has 0 bridgehead atoms. The maximum Gasteiger partial charge on any atom is 0.314 e. The Kier molecular flexibility index (Phi) is 4.63. The van der Waals surface area contributed by atoms with Crippen LogP contribution in [0.25, 0.3) is 0 Å². The number of anilines is 2. The molecule has 0 aromatic heterocycles. The molecule has 0 aliphatic rings. The van der Waals surface area contributed by atoms with Gasteiger partial charge in [0.25, 0.3) is 0 Å². The number of rotatable bonds is 3. The highest BCUT2D eigenvalue weighted by Crippen LogP contribution is 2.11. The lowest BCUT2D eigenvalue weighted by Gasteiger charge is -2.07. The number of Topliss-reactive ketones (excluding diaryl/α,β-unsaturated/α-hetero) is 1. The van der Waals surface area contributed by atoms with Gasteiger partial charge >= 0.3 is 11.8 Å². The smallest absolute Gasteiger partial charge is 0.314 e. The van der Waals surface area contributed by atoms with Crippen molar-refractivity contribution < 1.29 is 18.8 Å². The van der Waals surface area contributed by atoms with Crippen LogP contribution in [0.3, 0.4) is 0 Å². The van der Waals surface area contributed by atoms with Crippen molar-refractivity contribution in [2.24, 2.45) is 0 Å². The molecule has 0 aliphatic carbocycles. The van der Waals surface area contributed by atoms with Crippen molar-refractivity contribution in [3.8, 4) is 0 Å². The van der Waals surface area contributed by atoms with E-state index >= 15 is 0 Å². The van der Waals surface area contributed by atoms with Gasteiger partial charge in [0, 0.05) is 16.9 Å². The lowest BCUT2D eigenvalue weighted by molar-refractivity contribution is -0.132. The molecule has 22 heavy (non-hydrogen) atoms. The summed E-state index contributed by atoms with van der Waals surface area (Å²) in [5.74, 6) is -2.26. The molecule has 5 nitrogen and oxygen atoms in total. The predicted molar refractivity (Wildman–Crippen MR) is 80.1 cm³/mol. The average molecular weight is 300 g/mol. The van der Waals surface area contributed by atoms with E-state index in [1.807, 2.05) is 0 Å². The molecule has 2 aromatic carbocycles. The largest absolute Gasteiger partial charge is 0.318 e. The minimum absolute atomic E-state index is 0.0908. The van der Waals surface area contributed by atoms with E-state index in [-0.39, 0.29) is 5.78 Å². The number of benzene rings is 2. The first-order chi connectivity index (χ1) is 10.5. The Labute approximate surface area is 126 Å². The van der Waals surface area contributed by atoms with E-state index < -0.39 is 17.6 Å². The maximum atomic E-state index is 12.7. The van der Waals surface area contributed by atoms with Crippen LogP contribution in [0.1, 0.15) is 17.3 Å². The second-order valence-corrected chi connectivity index (χ2v) is 4.55. The third-order valence-electron chi connectivity index (χ3n) is 2.86. The molecule has 0 saturated carbocycles. The van der Waals surface area contributed by atoms with Crippen molar-refractivity contribution in [1.29, 1.82) is 0 Å². The molecule has 0 unspecified atom stereocenters. The van der Waals surface area contributed by atoms with Crippen molar-refractivity contribution in [3.63, 3.8) is 0 Å². The summed E-state index contributed by atoms with van der Waals surface area (Å²) in [6, 6.07) is 11.2. The lowest BCUT2D eigenvalue weighted by Crippen LogP contribution is -2.29. The van der Waals surface area contributed by atoms with Crippen LogP contribution in [0.15, 0.2) is 48.5 Å². The zero-order chi connectivity index (χ0) is 16.1. The predicted octanol–water partition coefficient (Wildman–Crippen LogP) is 2.61. The molecule has 0 fully saturated rings. The Morgan fingerprint density at radius 2 is 1.18 bits per heavy atom. The molecule has 112 valence electrons. The fourth-order valence-corrected chi connectivity index (χ4v) is 1.70. The van der Waals surface area contributed by atoms with Crippen LogP contribution >= 0.6 is 0 Å². The van der Waals surface area contributed by atoms with Gasteiger partial charge < -0.3 is 10.6 Å². The van der Waals surface area contributed by atoms with E-state index in [9.17, 15) is 18.8 Å². The molecule has 2 aromatic rings. The Morgan fingerprint density at radius 3 is 1.59 bits per heavy atom. The van der Waals surface area contributed by atoms with Gasteiger partial charge in [-0.3, -0.25) is 14.4 Å². The second-order valence-electron chi connectivity index (χ2n) is 4.55. The van der Waals surface area contributed by atoms with Crippen molar-refractivity contribution in [3.05, 3.63) is 59.9 Å². The van der Waals surface area contributed by atoms with Crippen LogP contribution in [0, 0.1) is 5.82 Å². The second kappa shape index (κ2) is 6.62. The summed E-state index contributed by atoms with van der Waals surface area (Å²) in [6.07, 6.45) is 0. The van der Waals surface area contributed by atoms with Crippen molar-refractivity contribution >= 4 is 29.0 Å². The summed E-state index contributed by atoms with van der Waals surface area (Å²) >= 11 is 0. The summed E-state index contributed by atoms with van der Waals surface area (Å²) < 4.78 is 12.7. The molecular formula is C16H13FN2O3. The van der Waals surface area contributed by atoms with Crippen molar-refractivity contribution in [1.82, 2.24) is 0 Å². The number of amides is 2. The number of nitrogens with one attached hydrogen (secondary N) is 2. The first-order valence-electron chi connectivity index (χ1n) is 6.44. The van der Waals surface area contributed by atoms with Gasteiger partial charge in [0.2, 0.25) is 0 Å². The molecule has 0 spiro atoms. The van der Waals surface area contributed by atoms with Gasteiger partial charge in [-0.15, -0.1) is 0 Å². The lowest BCUT2D eigenvalue weighted by atomic mass is 10.1. The Hall–Kier alpha value is -3.02. The van der Waals surface area contributed by atoms with E-state index in [1.165, 1.54) is 43.3 Å². The molecule has 6 heteroatoms. The molecule has 2 amide bonds. The Balaban J connectivity index is 1.97. The summed E-state index contributed by atoms with van der Waals surface area (Å²) in [7, 11) is 0. The van der Waals surface area contributed by atoms with Crippen LogP contribution in [0.5, 0.6) is 0 Å². The minimum Gasteiger partial charge on any atom is -0.318 e. The summed E-state index contributed by atoms with van der Waals surface area (Å²) in [5, 5.41) is 4.75. The Bertz CT molecular complexity index is 709. The van der Waals surface area contributed by atoms with Gasteiger partial charge in [-0.05, 0) is 55.5 Å². The van der Waals surface area contributed by atoms with Crippen LogP contribution in [-0.2, 0) is 9.59 Å². The highest BCUT2D eigenvalue weighted by molar-refractivity contribution is 6.43. The van der Waals surface area contributed by atoms with E-state index in [2.05, 4.69) is 10.6 Å². The summed E-state index contributed by atoms with van der Waals surface area (Å²) in [4.78, 5) is 34.6. The third-order valence-corrected chi connectivity index (χ3v) is 2.86. The fraction of sp³-hybridized carbons (Fsp3) is 0.0625. The zero-order valence-corrected chi connectivity index (χ0v) is 11.7. The quantitative estimate of drug-likeness (QED) is 0.676. The molecule has 0 heterocycles. The SMILES string of the molecule is CC(=O)c1ccc(NC(=O)C(=O)Nc2ccc(F)cc2)cc1. The molecule has 2 N–H and O–H groups in total. The van der Waals surface area contributed by atoms with Crippen LogP contribution < -0.4 is 10.6 Å². The monoisotopic (exact) mass is 300 g/mol. The van der Waals surface area contributed by atoms with Gasteiger partial charge in [0.1, 0.15) is 5.82 Å². The summed E-state index contributed by atoms with van der Waals surface area (Å²) in [6.45, 7) is 1.43. The Morgan fingerprint density at radius 1 is 0.773 bits per heavy atom. The van der Waals surface area contributed by atoms with Gasteiger partial charge in [-0.25, -0.2) is 4.39 Å². The average Bonchev–Trinajstić information content (AvgIpc) is 2.50. The number of carbonyl (C=O) groups is 3. The van der Waals surface area contributed by atoms with Crippen LogP contribution in [-0.4, -0.2) is 17.6 Å². The van der Waals surface area contributed by atoms with Gasteiger partial charge in [0.05, 0.1) is 0 Å². The number of hydrogen-bond acceptors (Lipinski definition) is 3. The molecule has 0 aliphatic heterocycles. The standard InChI is InChI=1S/C16H13FN2O3/c1-10(20)11-2-6-13(7-3-11)18-15(21)16(22)19-14-8-4-12(17)5-9-14/h2-9H,1H3,(H,18,21)(H,19,22).